The molecule has 29 heavy (non-hydrogen) atoms. The van der Waals surface area contributed by atoms with Gasteiger partial charge in [0, 0.05) is 22.6 Å². The molecule has 0 saturated heterocycles. The highest BCUT2D eigenvalue weighted by Crippen LogP contribution is 2.48. The molecular formula is C23H17ClN2O3. The molecule has 0 aromatic heterocycles. The molecule has 0 saturated carbocycles. The van der Waals surface area contributed by atoms with Crippen LogP contribution in [0.1, 0.15) is 35.4 Å². The van der Waals surface area contributed by atoms with Gasteiger partial charge in [-0.3, -0.25) is 0 Å². The molecule has 3 aromatic carbocycles. The SMILES string of the molecule is Clc1ccc(C2=NN3[C@@H](C2)c2ccccc2O[C@H]3c2ccc3c(c2)OCO3)cc1. The number of hydrazone groups is 1. The van der Waals surface area contributed by atoms with E-state index in [1.54, 1.807) is 0 Å². The molecule has 0 fully saturated rings. The minimum absolute atomic E-state index is 0.112. The second-order valence-electron chi connectivity index (χ2n) is 7.27. The molecule has 6 heteroatoms. The first-order chi connectivity index (χ1) is 14.3. The summed E-state index contributed by atoms with van der Waals surface area (Å²) in [6.45, 7) is 0.248. The van der Waals surface area contributed by atoms with Gasteiger partial charge in [0.1, 0.15) is 5.75 Å². The molecule has 2 atom stereocenters. The fourth-order valence-electron chi connectivity index (χ4n) is 4.14. The maximum absolute atomic E-state index is 6.40. The monoisotopic (exact) mass is 404 g/mol. The van der Waals surface area contributed by atoms with Crippen LogP contribution >= 0.6 is 11.6 Å². The number of benzene rings is 3. The van der Waals surface area contributed by atoms with Gasteiger partial charge in [-0.2, -0.15) is 5.10 Å². The molecule has 0 radical (unpaired) electrons. The third-order valence-corrected chi connectivity index (χ3v) is 5.81. The van der Waals surface area contributed by atoms with Gasteiger partial charge in [0.05, 0.1) is 11.8 Å². The van der Waals surface area contributed by atoms with Crippen molar-refractivity contribution in [1.29, 1.82) is 0 Å². The minimum Gasteiger partial charge on any atom is -0.464 e. The van der Waals surface area contributed by atoms with Crippen molar-refractivity contribution in [2.24, 2.45) is 5.10 Å². The molecule has 0 spiro atoms. The lowest BCUT2D eigenvalue weighted by Gasteiger charge is -2.38. The predicted molar refractivity (Wildman–Crippen MR) is 110 cm³/mol. The van der Waals surface area contributed by atoms with Crippen LogP contribution in [0.4, 0.5) is 0 Å². The summed E-state index contributed by atoms with van der Waals surface area (Å²) < 4.78 is 17.4. The van der Waals surface area contributed by atoms with Gasteiger partial charge >= 0.3 is 0 Å². The number of nitrogens with zero attached hydrogens (tertiary/aromatic N) is 2. The Morgan fingerprint density at radius 3 is 2.62 bits per heavy atom. The third-order valence-electron chi connectivity index (χ3n) is 5.56. The Morgan fingerprint density at radius 2 is 1.72 bits per heavy atom. The molecule has 3 aromatic rings. The van der Waals surface area contributed by atoms with Crippen LogP contribution in [0.5, 0.6) is 17.2 Å². The highest BCUT2D eigenvalue weighted by atomic mass is 35.5. The number of para-hydroxylation sites is 1. The lowest BCUT2D eigenvalue weighted by molar-refractivity contribution is -0.0191. The summed E-state index contributed by atoms with van der Waals surface area (Å²) in [6, 6.07) is 22.0. The van der Waals surface area contributed by atoms with Crippen LogP contribution in [0, 0.1) is 0 Å². The first-order valence-electron chi connectivity index (χ1n) is 9.53. The normalized spacial score (nSPS) is 21.3. The predicted octanol–water partition coefficient (Wildman–Crippen LogP) is 5.31. The second-order valence-corrected chi connectivity index (χ2v) is 7.71. The molecule has 3 heterocycles. The Bertz CT molecular complexity index is 1130. The van der Waals surface area contributed by atoms with Crippen molar-refractivity contribution in [3.05, 3.63) is 88.4 Å². The molecule has 144 valence electrons. The summed E-state index contributed by atoms with van der Waals surface area (Å²) in [6.07, 6.45) is 0.470. The number of halogens is 1. The van der Waals surface area contributed by atoms with Crippen molar-refractivity contribution in [2.75, 3.05) is 6.79 Å². The molecule has 5 nitrogen and oxygen atoms in total. The smallest absolute Gasteiger partial charge is 0.231 e. The van der Waals surface area contributed by atoms with Gasteiger partial charge in [0.15, 0.2) is 11.5 Å². The van der Waals surface area contributed by atoms with Gasteiger partial charge in [-0.15, -0.1) is 0 Å². The van der Waals surface area contributed by atoms with Crippen LogP contribution in [-0.2, 0) is 0 Å². The van der Waals surface area contributed by atoms with Crippen LogP contribution < -0.4 is 14.2 Å². The summed E-state index contributed by atoms with van der Waals surface area (Å²) in [5, 5.41) is 7.75. The highest BCUT2D eigenvalue weighted by molar-refractivity contribution is 6.30. The van der Waals surface area contributed by atoms with Crippen LogP contribution in [0.3, 0.4) is 0 Å². The standard InChI is InChI=1S/C23H17ClN2O3/c24-16-8-5-14(6-9-16)18-12-19-17-3-1-2-4-20(17)29-23(26(19)25-18)15-7-10-21-22(11-15)28-13-27-21/h1-11,19,23H,12-13H2/t19-,23-/m0/s1. The Hall–Kier alpha value is -3.18. The van der Waals surface area contributed by atoms with E-state index < -0.39 is 0 Å². The van der Waals surface area contributed by atoms with Crippen molar-refractivity contribution in [3.8, 4) is 17.2 Å². The van der Waals surface area contributed by atoms with Gasteiger partial charge < -0.3 is 14.2 Å². The van der Waals surface area contributed by atoms with Gasteiger partial charge in [-0.25, -0.2) is 5.01 Å². The molecule has 0 bridgehead atoms. The Labute approximate surface area is 173 Å². The highest BCUT2D eigenvalue weighted by Gasteiger charge is 2.41. The summed E-state index contributed by atoms with van der Waals surface area (Å²) in [5.74, 6) is 2.39. The topological polar surface area (TPSA) is 43.3 Å². The van der Waals surface area contributed by atoms with Crippen molar-refractivity contribution in [1.82, 2.24) is 5.01 Å². The average Bonchev–Trinajstić information content (AvgIpc) is 3.40. The van der Waals surface area contributed by atoms with E-state index in [2.05, 4.69) is 11.1 Å². The third kappa shape index (κ3) is 2.73. The molecule has 0 amide bonds. The van der Waals surface area contributed by atoms with Crippen molar-refractivity contribution >= 4 is 17.3 Å². The zero-order valence-electron chi connectivity index (χ0n) is 15.4. The van der Waals surface area contributed by atoms with Gasteiger partial charge in [0.2, 0.25) is 13.0 Å². The first-order valence-corrected chi connectivity index (χ1v) is 9.91. The fourth-order valence-corrected chi connectivity index (χ4v) is 4.26. The van der Waals surface area contributed by atoms with Crippen molar-refractivity contribution in [2.45, 2.75) is 18.7 Å². The number of hydrogen-bond acceptors (Lipinski definition) is 5. The van der Waals surface area contributed by atoms with E-state index in [1.807, 2.05) is 60.7 Å². The Morgan fingerprint density at radius 1 is 0.897 bits per heavy atom. The zero-order valence-corrected chi connectivity index (χ0v) is 16.2. The molecule has 0 N–H and O–H groups in total. The summed E-state index contributed by atoms with van der Waals surface area (Å²) in [5.41, 5.74) is 4.23. The van der Waals surface area contributed by atoms with Gasteiger partial charge in [-0.05, 0) is 42.0 Å². The second kappa shape index (κ2) is 6.42. The van der Waals surface area contributed by atoms with E-state index in [1.165, 1.54) is 0 Å². The van der Waals surface area contributed by atoms with Crippen LogP contribution in [0.2, 0.25) is 5.02 Å². The van der Waals surface area contributed by atoms with Crippen LogP contribution in [-0.4, -0.2) is 17.5 Å². The number of rotatable bonds is 2. The van der Waals surface area contributed by atoms with E-state index in [-0.39, 0.29) is 19.1 Å². The van der Waals surface area contributed by atoms with E-state index in [0.29, 0.717) is 0 Å². The summed E-state index contributed by atoms with van der Waals surface area (Å²) in [7, 11) is 0. The molecule has 3 aliphatic rings. The Balaban J connectivity index is 1.44. The molecule has 3 aliphatic heterocycles. The average molecular weight is 405 g/mol. The molecular weight excluding hydrogens is 388 g/mol. The summed E-state index contributed by atoms with van der Waals surface area (Å²) in [4.78, 5) is 0. The van der Waals surface area contributed by atoms with E-state index in [9.17, 15) is 0 Å². The number of fused-ring (bicyclic) bond motifs is 4. The maximum atomic E-state index is 6.40. The van der Waals surface area contributed by atoms with Gasteiger partial charge in [0.25, 0.3) is 0 Å². The van der Waals surface area contributed by atoms with E-state index in [4.69, 9.17) is 30.9 Å². The fraction of sp³-hybridized carbons (Fsp3) is 0.174. The number of ether oxygens (including phenoxy) is 3. The largest absolute Gasteiger partial charge is 0.464 e. The quantitative estimate of drug-likeness (QED) is 0.580. The summed E-state index contributed by atoms with van der Waals surface area (Å²) >= 11 is 6.06. The van der Waals surface area contributed by atoms with Crippen molar-refractivity contribution in [3.63, 3.8) is 0 Å². The lowest BCUT2D eigenvalue weighted by atomic mass is 9.96. The van der Waals surface area contributed by atoms with Crippen molar-refractivity contribution < 1.29 is 14.2 Å². The maximum Gasteiger partial charge on any atom is 0.231 e. The lowest BCUT2D eigenvalue weighted by Crippen LogP contribution is -2.33. The number of hydrogen-bond donors (Lipinski definition) is 0. The van der Waals surface area contributed by atoms with Crippen LogP contribution in [0.25, 0.3) is 0 Å². The zero-order chi connectivity index (χ0) is 19.4. The van der Waals surface area contributed by atoms with E-state index >= 15 is 0 Å². The molecule has 0 unspecified atom stereocenters. The van der Waals surface area contributed by atoms with E-state index in [0.717, 1.165) is 51.1 Å². The van der Waals surface area contributed by atoms with Crippen LogP contribution in [0.15, 0.2) is 71.8 Å². The first kappa shape index (κ1) is 16.7. The molecule has 6 rings (SSSR count). The minimum atomic E-state index is -0.339. The Kier molecular flexibility index (Phi) is 3.71. The molecule has 0 aliphatic carbocycles. The van der Waals surface area contributed by atoms with Gasteiger partial charge in [-0.1, -0.05) is 41.9 Å².